The minimum absolute atomic E-state index is 0.0140. The molecule has 1 aliphatic carbocycles. The van der Waals surface area contributed by atoms with E-state index in [1.165, 1.54) is 12.8 Å². The summed E-state index contributed by atoms with van der Waals surface area (Å²) in [5, 5.41) is 2.92. The first-order valence-electron chi connectivity index (χ1n) is 8.04. The average molecular weight is 306 g/mol. The van der Waals surface area contributed by atoms with Crippen LogP contribution in [0, 0.1) is 0 Å². The molecule has 5 nitrogen and oxygen atoms in total. The van der Waals surface area contributed by atoms with E-state index in [0.717, 1.165) is 29.9 Å². The minimum Gasteiger partial charge on any atom is -0.493 e. The van der Waals surface area contributed by atoms with Crippen LogP contribution >= 0.6 is 0 Å². The van der Waals surface area contributed by atoms with Crippen molar-refractivity contribution in [3.8, 4) is 11.5 Å². The van der Waals surface area contributed by atoms with E-state index in [1.54, 1.807) is 7.11 Å². The lowest BCUT2D eigenvalue weighted by Crippen LogP contribution is -2.24. The Bertz CT molecular complexity index is 485. The van der Waals surface area contributed by atoms with Crippen molar-refractivity contribution < 1.29 is 14.3 Å². The highest BCUT2D eigenvalue weighted by Gasteiger charge is 2.20. The normalized spacial score (nSPS) is 14.8. The van der Waals surface area contributed by atoms with Crippen LogP contribution in [0.25, 0.3) is 0 Å². The number of rotatable bonds is 8. The molecule has 1 amide bonds. The summed E-state index contributed by atoms with van der Waals surface area (Å²) in [7, 11) is 1.64. The molecule has 1 aromatic carbocycles. The third kappa shape index (κ3) is 4.63. The smallest absolute Gasteiger partial charge is 0.220 e. The number of nitrogens with one attached hydrogen (secondary N) is 1. The van der Waals surface area contributed by atoms with Crippen LogP contribution in [0.3, 0.4) is 0 Å². The molecule has 0 radical (unpaired) electrons. The standard InChI is InChI=1S/C17H26N2O3/c1-21-15-9-4-6-13(12-19-16(20)10-5-11-18)17(15)22-14-7-2-3-8-14/h4,6,9,14H,2-3,5,7-8,10-12,18H2,1H3,(H,19,20). The number of ether oxygens (including phenoxy) is 2. The topological polar surface area (TPSA) is 73.6 Å². The molecule has 0 bridgehead atoms. The van der Waals surface area contributed by atoms with Crippen LogP contribution in [0.4, 0.5) is 0 Å². The van der Waals surface area contributed by atoms with Gasteiger partial charge < -0.3 is 20.5 Å². The van der Waals surface area contributed by atoms with Gasteiger partial charge in [0.1, 0.15) is 0 Å². The lowest BCUT2D eigenvalue weighted by Gasteiger charge is -2.19. The van der Waals surface area contributed by atoms with E-state index in [0.29, 0.717) is 25.9 Å². The number of nitrogens with two attached hydrogens (primary N) is 1. The summed E-state index contributed by atoms with van der Waals surface area (Å²) < 4.78 is 11.6. The Kier molecular flexibility index (Phi) is 6.52. The van der Waals surface area contributed by atoms with Gasteiger partial charge in [0.2, 0.25) is 5.91 Å². The fraction of sp³-hybridized carbons (Fsp3) is 0.588. The molecule has 3 N–H and O–H groups in total. The molecule has 5 heteroatoms. The van der Waals surface area contributed by atoms with E-state index in [9.17, 15) is 4.79 Å². The van der Waals surface area contributed by atoms with E-state index in [-0.39, 0.29) is 12.0 Å². The highest BCUT2D eigenvalue weighted by atomic mass is 16.5. The SMILES string of the molecule is COc1cccc(CNC(=O)CCCN)c1OC1CCCC1. The number of hydrogen-bond donors (Lipinski definition) is 2. The van der Waals surface area contributed by atoms with Gasteiger partial charge >= 0.3 is 0 Å². The third-order valence-corrected chi connectivity index (χ3v) is 3.95. The second kappa shape index (κ2) is 8.63. The minimum atomic E-state index is 0.0140. The van der Waals surface area contributed by atoms with Crippen molar-refractivity contribution in [2.24, 2.45) is 5.73 Å². The zero-order valence-corrected chi connectivity index (χ0v) is 13.3. The number of hydrogen-bond acceptors (Lipinski definition) is 4. The van der Waals surface area contributed by atoms with Gasteiger partial charge in [0.15, 0.2) is 11.5 Å². The predicted octanol–water partition coefficient (Wildman–Crippen LogP) is 2.37. The fourth-order valence-corrected chi connectivity index (χ4v) is 2.71. The number of carbonyl (C=O) groups excluding carboxylic acids is 1. The molecular weight excluding hydrogens is 280 g/mol. The van der Waals surface area contributed by atoms with Gasteiger partial charge in [0.25, 0.3) is 0 Å². The van der Waals surface area contributed by atoms with E-state index >= 15 is 0 Å². The summed E-state index contributed by atoms with van der Waals surface area (Å²) in [6, 6.07) is 5.78. The summed E-state index contributed by atoms with van der Waals surface area (Å²) in [5.74, 6) is 1.50. The molecule has 122 valence electrons. The molecule has 1 saturated carbocycles. The van der Waals surface area contributed by atoms with E-state index in [2.05, 4.69) is 5.32 Å². The van der Waals surface area contributed by atoms with Crippen LogP contribution in [-0.2, 0) is 11.3 Å². The van der Waals surface area contributed by atoms with Crippen molar-refractivity contribution in [1.82, 2.24) is 5.32 Å². The molecule has 0 saturated heterocycles. The molecule has 1 aromatic rings. The van der Waals surface area contributed by atoms with Crippen LogP contribution in [0.2, 0.25) is 0 Å². The highest BCUT2D eigenvalue weighted by Crippen LogP contribution is 2.34. The lowest BCUT2D eigenvalue weighted by molar-refractivity contribution is -0.121. The Morgan fingerprint density at radius 3 is 2.82 bits per heavy atom. The van der Waals surface area contributed by atoms with E-state index in [1.807, 2.05) is 18.2 Å². The van der Waals surface area contributed by atoms with Crippen molar-refractivity contribution in [2.75, 3.05) is 13.7 Å². The van der Waals surface area contributed by atoms with Crippen LogP contribution in [-0.4, -0.2) is 25.7 Å². The zero-order chi connectivity index (χ0) is 15.8. The number of amides is 1. The average Bonchev–Trinajstić information content (AvgIpc) is 3.04. The van der Waals surface area contributed by atoms with Crippen molar-refractivity contribution in [3.63, 3.8) is 0 Å². The molecular formula is C17H26N2O3. The quantitative estimate of drug-likeness (QED) is 0.773. The van der Waals surface area contributed by atoms with Crippen LogP contribution in [0.15, 0.2) is 18.2 Å². The van der Waals surface area contributed by atoms with Crippen LogP contribution in [0.1, 0.15) is 44.1 Å². The highest BCUT2D eigenvalue weighted by molar-refractivity contribution is 5.76. The molecule has 2 rings (SSSR count). The van der Waals surface area contributed by atoms with Crippen molar-refractivity contribution in [2.45, 2.75) is 51.2 Å². The third-order valence-electron chi connectivity index (χ3n) is 3.95. The van der Waals surface area contributed by atoms with Gasteiger partial charge in [-0.1, -0.05) is 12.1 Å². The fourth-order valence-electron chi connectivity index (χ4n) is 2.71. The Morgan fingerprint density at radius 2 is 2.14 bits per heavy atom. The molecule has 0 unspecified atom stereocenters. The summed E-state index contributed by atoms with van der Waals surface area (Å²) in [6.07, 6.45) is 6.01. The Labute approximate surface area is 132 Å². The zero-order valence-electron chi connectivity index (χ0n) is 13.3. The Balaban J connectivity index is 2.03. The molecule has 0 atom stereocenters. The number of para-hydroxylation sites is 1. The molecule has 0 spiro atoms. The second-order valence-corrected chi connectivity index (χ2v) is 5.64. The van der Waals surface area contributed by atoms with Gasteiger partial charge in [0.05, 0.1) is 13.2 Å². The maximum atomic E-state index is 11.7. The maximum absolute atomic E-state index is 11.7. The Hall–Kier alpha value is -1.75. The molecule has 0 aliphatic heterocycles. The molecule has 1 fully saturated rings. The monoisotopic (exact) mass is 306 g/mol. The van der Waals surface area contributed by atoms with Crippen LogP contribution in [0.5, 0.6) is 11.5 Å². The molecule has 22 heavy (non-hydrogen) atoms. The van der Waals surface area contributed by atoms with Gasteiger partial charge in [-0.15, -0.1) is 0 Å². The number of methoxy groups -OCH3 is 1. The van der Waals surface area contributed by atoms with Crippen molar-refractivity contribution in [1.29, 1.82) is 0 Å². The van der Waals surface area contributed by atoms with Gasteiger partial charge in [-0.2, -0.15) is 0 Å². The van der Waals surface area contributed by atoms with E-state index < -0.39 is 0 Å². The number of carbonyl (C=O) groups is 1. The van der Waals surface area contributed by atoms with Crippen molar-refractivity contribution in [3.05, 3.63) is 23.8 Å². The van der Waals surface area contributed by atoms with Crippen LogP contribution < -0.4 is 20.5 Å². The van der Waals surface area contributed by atoms with Gasteiger partial charge in [-0.3, -0.25) is 4.79 Å². The lowest BCUT2D eigenvalue weighted by atomic mass is 10.1. The van der Waals surface area contributed by atoms with Gasteiger partial charge in [-0.05, 0) is 44.7 Å². The largest absolute Gasteiger partial charge is 0.493 e. The van der Waals surface area contributed by atoms with Crippen molar-refractivity contribution >= 4 is 5.91 Å². The second-order valence-electron chi connectivity index (χ2n) is 5.64. The first-order chi connectivity index (χ1) is 10.7. The van der Waals surface area contributed by atoms with Gasteiger partial charge in [-0.25, -0.2) is 0 Å². The maximum Gasteiger partial charge on any atom is 0.220 e. The predicted molar refractivity (Wildman–Crippen MR) is 86.0 cm³/mol. The first-order valence-corrected chi connectivity index (χ1v) is 8.04. The molecule has 0 aromatic heterocycles. The summed E-state index contributed by atoms with van der Waals surface area (Å²) in [6.45, 7) is 0.977. The first kappa shape index (κ1) is 16.6. The summed E-state index contributed by atoms with van der Waals surface area (Å²) in [4.78, 5) is 11.7. The molecule has 1 aliphatic rings. The van der Waals surface area contributed by atoms with E-state index in [4.69, 9.17) is 15.2 Å². The summed E-state index contributed by atoms with van der Waals surface area (Å²) >= 11 is 0. The molecule has 0 heterocycles. The van der Waals surface area contributed by atoms with Gasteiger partial charge in [0, 0.05) is 18.5 Å². The number of benzene rings is 1. The summed E-state index contributed by atoms with van der Waals surface area (Å²) in [5.41, 5.74) is 6.37. The Morgan fingerprint density at radius 1 is 1.36 bits per heavy atom.